The van der Waals surface area contributed by atoms with E-state index in [9.17, 15) is 8.78 Å². The number of alkyl halides is 1. The summed E-state index contributed by atoms with van der Waals surface area (Å²) in [6.07, 6.45) is 0. The topological polar surface area (TPSA) is 30.7 Å². The van der Waals surface area contributed by atoms with Gasteiger partial charge in [-0.3, -0.25) is 0 Å². The Morgan fingerprint density at radius 2 is 1.95 bits per heavy atom. The molecule has 0 aliphatic rings. The highest BCUT2D eigenvalue weighted by Gasteiger charge is 2.15. The lowest BCUT2D eigenvalue weighted by Gasteiger charge is -2.11. The maximum atomic E-state index is 13.3. The molecule has 0 amide bonds. The molecular weight excluding hydrogens is 272 g/mol. The van der Waals surface area contributed by atoms with Crippen LogP contribution < -0.4 is 0 Å². The van der Waals surface area contributed by atoms with E-state index in [0.29, 0.717) is 29.7 Å². The Hall–Kier alpha value is -1.49. The molecule has 0 fully saturated rings. The molecule has 2 aromatic rings. The van der Waals surface area contributed by atoms with Crippen LogP contribution in [0.2, 0.25) is 0 Å². The van der Waals surface area contributed by atoms with E-state index in [1.165, 1.54) is 6.07 Å². The van der Waals surface area contributed by atoms with Gasteiger partial charge in [0.25, 0.3) is 0 Å². The van der Waals surface area contributed by atoms with E-state index in [4.69, 9.17) is 11.6 Å². The largest absolute Gasteiger partial charge is 0.310 e. The number of hydrogen-bond donors (Lipinski definition) is 0. The van der Waals surface area contributed by atoms with Crippen LogP contribution in [0.3, 0.4) is 0 Å². The molecule has 0 unspecified atom stereocenters. The van der Waals surface area contributed by atoms with Gasteiger partial charge in [0.2, 0.25) is 0 Å². The van der Waals surface area contributed by atoms with Gasteiger partial charge in [-0.05, 0) is 24.1 Å². The summed E-state index contributed by atoms with van der Waals surface area (Å²) in [4.78, 5) is 0. The fourth-order valence-corrected chi connectivity index (χ4v) is 2.04. The van der Waals surface area contributed by atoms with Crippen molar-refractivity contribution in [1.82, 2.24) is 14.8 Å². The van der Waals surface area contributed by atoms with Gasteiger partial charge in [-0.2, -0.15) is 0 Å². The van der Waals surface area contributed by atoms with Gasteiger partial charge >= 0.3 is 0 Å². The Bertz CT molecular complexity index is 581. The average molecular weight is 286 g/mol. The molecule has 1 aromatic heterocycles. The van der Waals surface area contributed by atoms with Crippen molar-refractivity contribution in [1.29, 1.82) is 0 Å². The van der Waals surface area contributed by atoms with E-state index in [2.05, 4.69) is 10.2 Å². The molecule has 0 N–H and O–H groups in total. The first-order valence-electron chi connectivity index (χ1n) is 5.96. The zero-order valence-corrected chi connectivity index (χ0v) is 11.5. The minimum Gasteiger partial charge on any atom is -0.310 e. The normalized spacial score (nSPS) is 11.3. The lowest BCUT2D eigenvalue weighted by Crippen LogP contribution is -2.09. The Morgan fingerprint density at radius 3 is 2.53 bits per heavy atom. The zero-order chi connectivity index (χ0) is 14.0. The van der Waals surface area contributed by atoms with Crippen molar-refractivity contribution in [2.75, 3.05) is 0 Å². The van der Waals surface area contributed by atoms with E-state index < -0.39 is 11.6 Å². The number of halogens is 3. The molecule has 19 heavy (non-hydrogen) atoms. The summed E-state index contributed by atoms with van der Waals surface area (Å²) in [5, 5.41) is 8.00. The van der Waals surface area contributed by atoms with Gasteiger partial charge in [-0.15, -0.1) is 21.8 Å². The predicted octanol–water partition coefficient (Wildman–Crippen LogP) is 3.62. The van der Waals surface area contributed by atoms with Crippen LogP contribution in [0.25, 0.3) is 11.4 Å². The van der Waals surface area contributed by atoms with Crippen molar-refractivity contribution >= 4 is 11.6 Å². The van der Waals surface area contributed by atoms with E-state index in [1.807, 2.05) is 18.4 Å². The third-order valence-corrected chi connectivity index (χ3v) is 2.91. The van der Waals surface area contributed by atoms with Crippen molar-refractivity contribution in [3.05, 3.63) is 35.7 Å². The van der Waals surface area contributed by atoms with E-state index in [-0.39, 0.29) is 5.88 Å². The summed E-state index contributed by atoms with van der Waals surface area (Å²) < 4.78 is 28.1. The Kier molecular flexibility index (Phi) is 4.14. The second-order valence-corrected chi connectivity index (χ2v) is 4.97. The SMILES string of the molecule is CC(C)Cn1c(CCl)nnc1-c1ccc(F)c(F)c1. The molecule has 0 aliphatic carbocycles. The van der Waals surface area contributed by atoms with Gasteiger partial charge in [0.15, 0.2) is 17.5 Å². The molecule has 0 bridgehead atoms. The van der Waals surface area contributed by atoms with Crippen LogP contribution in [-0.4, -0.2) is 14.8 Å². The molecule has 102 valence electrons. The Morgan fingerprint density at radius 1 is 1.21 bits per heavy atom. The minimum atomic E-state index is -0.899. The molecule has 0 atom stereocenters. The molecule has 3 nitrogen and oxygen atoms in total. The van der Waals surface area contributed by atoms with Crippen LogP contribution in [0.15, 0.2) is 18.2 Å². The summed E-state index contributed by atoms with van der Waals surface area (Å²) >= 11 is 5.82. The standard InChI is InChI=1S/C13H14ClF2N3/c1-8(2)7-19-12(6-14)17-18-13(19)9-3-4-10(15)11(16)5-9/h3-5,8H,6-7H2,1-2H3. The summed E-state index contributed by atoms with van der Waals surface area (Å²) in [5.41, 5.74) is 0.489. The van der Waals surface area contributed by atoms with Gasteiger partial charge in [0.05, 0.1) is 5.88 Å². The maximum absolute atomic E-state index is 13.3. The molecule has 1 heterocycles. The third-order valence-electron chi connectivity index (χ3n) is 2.67. The third kappa shape index (κ3) is 2.92. The summed E-state index contributed by atoms with van der Waals surface area (Å²) in [5.74, 6) is -0.0655. The van der Waals surface area contributed by atoms with Crippen LogP contribution in [0.5, 0.6) is 0 Å². The van der Waals surface area contributed by atoms with Crippen LogP contribution in [0.1, 0.15) is 19.7 Å². The Labute approximate surface area is 115 Å². The van der Waals surface area contributed by atoms with E-state index in [1.54, 1.807) is 0 Å². The van der Waals surface area contributed by atoms with Crippen molar-refractivity contribution in [2.24, 2.45) is 5.92 Å². The fourth-order valence-electron chi connectivity index (χ4n) is 1.84. The first-order chi connectivity index (χ1) is 9.02. The van der Waals surface area contributed by atoms with Crippen LogP contribution in [0, 0.1) is 17.6 Å². The van der Waals surface area contributed by atoms with Gasteiger partial charge in [0.1, 0.15) is 5.82 Å². The average Bonchev–Trinajstić information content (AvgIpc) is 2.75. The molecular formula is C13H14ClF2N3. The highest BCUT2D eigenvalue weighted by molar-refractivity contribution is 6.16. The first kappa shape index (κ1) is 13.9. The number of hydrogen-bond acceptors (Lipinski definition) is 2. The van der Waals surface area contributed by atoms with Gasteiger partial charge in [0, 0.05) is 12.1 Å². The monoisotopic (exact) mass is 285 g/mol. The number of nitrogens with zero attached hydrogens (tertiary/aromatic N) is 3. The smallest absolute Gasteiger partial charge is 0.164 e. The zero-order valence-electron chi connectivity index (χ0n) is 10.7. The van der Waals surface area contributed by atoms with Crippen molar-refractivity contribution in [3.63, 3.8) is 0 Å². The van der Waals surface area contributed by atoms with Crippen molar-refractivity contribution in [3.8, 4) is 11.4 Å². The number of aromatic nitrogens is 3. The van der Waals surface area contributed by atoms with Crippen LogP contribution in [-0.2, 0) is 12.4 Å². The van der Waals surface area contributed by atoms with Crippen molar-refractivity contribution < 1.29 is 8.78 Å². The van der Waals surface area contributed by atoms with Crippen molar-refractivity contribution in [2.45, 2.75) is 26.3 Å². The number of rotatable bonds is 4. The molecule has 6 heteroatoms. The molecule has 1 aromatic carbocycles. The molecule has 2 rings (SSSR count). The fraction of sp³-hybridized carbons (Fsp3) is 0.385. The summed E-state index contributed by atoms with van der Waals surface area (Å²) in [6, 6.07) is 3.69. The van der Waals surface area contributed by atoms with E-state index in [0.717, 1.165) is 12.1 Å². The highest BCUT2D eigenvalue weighted by Crippen LogP contribution is 2.22. The molecule has 0 saturated carbocycles. The van der Waals surface area contributed by atoms with Gasteiger partial charge in [-0.1, -0.05) is 13.8 Å². The van der Waals surface area contributed by atoms with E-state index >= 15 is 0 Å². The maximum Gasteiger partial charge on any atom is 0.164 e. The molecule has 0 aliphatic heterocycles. The molecule has 0 spiro atoms. The lowest BCUT2D eigenvalue weighted by molar-refractivity contribution is 0.506. The molecule has 0 saturated heterocycles. The number of benzene rings is 1. The minimum absolute atomic E-state index is 0.226. The van der Waals surface area contributed by atoms with Crippen LogP contribution >= 0.6 is 11.6 Å². The first-order valence-corrected chi connectivity index (χ1v) is 6.49. The quantitative estimate of drug-likeness (QED) is 0.803. The second-order valence-electron chi connectivity index (χ2n) is 4.71. The lowest BCUT2D eigenvalue weighted by atomic mass is 10.1. The summed E-state index contributed by atoms with van der Waals surface area (Å²) in [6.45, 7) is 4.77. The van der Waals surface area contributed by atoms with Gasteiger partial charge < -0.3 is 4.57 Å². The molecule has 0 radical (unpaired) electrons. The highest BCUT2D eigenvalue weighted by atomic mass is 35.5. The Balaban J connectivity index is 2.48. The summed E-state index contributed by atoms with van der Waals surface area (Å²) in [7, 11) is 0. The van der Waals surface area contributed by atoms with Gasteiger partial charge in [-0.25, -0.2) is 8.78 Å². The second kappa shape index (κ2) is 5.65. The van der Waals surface area contributed by atoms with Crippen LogP contribution in [0.4, 0.5) is 8.78 Å². The predicted molar refractivity (Wildman–Crippen MR) is 69.8 cm³/mol.